The van der Waals surface area contributed by atoms with Crippen LogP contribution in [0.1, 0.15) is 18.1 Å². The molecular weight excluding hydrogens is 342 g/mol. The highest BCUT2D eigenvalue weighted by molar-refractivity contribution is 6.76. The quantitative estimate of drug-likeness (QED) is 0.627. The van der Waals surface area contributed by atoms with Gasteiger partial charge in [-0.05, 0) is 36.2 Å². The fourth-order valence-corrected chi connectivity index (χ4v) is 4.06. The molecule has 2 aliphatic rings. The molecule has 138 valence electrons. The maximum atomic E-state index is 8.06. The third-order valence-corrected chi connectivity index (χ3v) is 6.58. The summed E-state index contributed by atoms with van der Waals surface area (Å²) in [5, 5.41) is 10.5. The van der Waals surface area contributed by atoms with Crippen LogP contribution in [0.25, 0.3) is 16.5 Å². The molecule has 26 heavy (non-hydrogen) atoms. The second-order valence-electron chi connectivity index (χ2n) is 8.22. The molecule has 0 aliphatic carbocycles. The minimum atomic E-state index is -1.08. The molecule has 0 saturated carbocycles. The van der Waals surface area contributed by atoms with Gasteiger partial charge in [0.15, 0.2) is 1.41 Å². The number of aliphatic imine (C=N–C) groups is 1. The summed E-state index contributed by atoms with van der Waals surface area (Å²) in [4.78, 5) is 4.53. The molecule has 0 amide bonds. The molecule has 3 heterocycles. The van der Waals surface area contributed by atoms with Gasteiger partial charge in [-0.1, -0.05) is 19.6 Å². The van der Waals surface area contributed by atoms with Gasteiger partial charge >= 0.3 is 0 Å². The Labute approximate surface area is 156 Å². The summed E-state index contributed by atoms with van der Waals surface area (Å²) in [7, 11) is -1.08. The van der Waals surface area contributed by atoms with Gasteiger partial charge in [0.25, 0.3) is 0 Å². The number of ether oxygens (including phenoxy) is 1. The van der Waals surface area contributed by atoms with Crippen LogP contribution in [0, 0.1) is 0 Å². The number of nitrogens with zero attached hydrogens (tertiary/aromatic N) is 3. The van der Waals surface area contributed by atoms with Crippen LogP contribution in [0.3, 0.4) is 0 Å². The Morgan fingerprint density at radius 2 is 2.15 bits per heavy atom. The Balaban J connectivity index is 1.59. The standard InChI is InChI=1S/C19H27N5OSi/c1-13-20-11-17-16-7-15-10-22-24(12-25-5-6-26(2,3)4)18(15)8-14(16)9-21-19(17)23-13/h7-8,10,21H,5-6,9,11-12H2,1-4H3,(H,20,23)/i/hD. The van der Waals surface area contributed by atoms with Crippen LogP contribution in [-0.4, -0.2) is 36.8 Å². The maximum Gasteiger partial charge on any atom is 0.162 e. The van der Waals surface area contributed by atoms with E-state index in [0.717, 1.165) is 41.5 Å². The Kier molecular flexibility index (Phi) is 4.05. The monoisotopic (exact) mass is 370 g/mol. The first-order valence-corrected chi connectivity index (χ1v) is 12.9. The zero-order valence-corrected chi connectivity index (χ0v) is 17.0. The SMILES string of the molecule is [2H]N1CC2=C(N=C1C)NCc1cc3c(cnn3COCC[Si](C)(C)C)cc12. The summed E-state index contributed by atoms with van der Waals surface area (Å²) in [6.07, 6.45) is 1.90. The number of benzene rings is 1. The lowest BCUT2D eigenvalue weighted by atomic mass is 9.94. The fraction of sp³-hybridized carbons (Fsp3) is 0.474. The predicted octanol–water partition coefficient (Wildman–Crippen LogP) is 3.14. The first kappa shape index (κ1) is 16.1. The zero-order valence-electron chi connectivity index (χ0n) is 17.0. The van der Waals surface area contributed by atoms with Crippen molar-refractivity contribution >= 4 is 30.4 Å². The van der Waals surface area contributed by atoms with Crippen LogP contribution in [0.4, 0.5) is 0 Å². The smallest absolute Gasteiger partial charge is 0.162 e. The van der Waals surface area contributed by atoms with Crippen LogP contribution in [0.15, 0.2) is 29.1 Å². The van der Waals surface area contributed by atoms with E-state index in [2.05, 4.69) is 47.2 Å². The van der Waals surface area contributed by atoms with E-state index >= 15 is 0 Å². The van der Waals surface area contributed by atoms with Gasteiger partial charge in [0.2, 0.25) is 0 Å². The van der Waals surface area contributed by atoms with Gasteiger partial charge in [-0.2, -0.15) is 5.10 Å². The van der Waals surface area contributed by atoms with E-state index in [4.69, 9.17) is 6.15 Å². The van der Waals surface area contributed by atoms with E-state index in [1.54, 1.807) is 0 Å². The summed E-state index contributed by atoms with van der Waals surface area (Å²) in [5.41, 5.74) is 4.56. The highest BCUT2D eigenvalue weighted by Crippen LogP contribution is 2.31. The number of hydrogen-bond donors (Lipinski definition) is 2. The van der Waals surface area contributed by atoms with Crippen molar-refractivity contribution in [3.63, 3.8) is 0 Å². The van der Waals surface area contributed by atoms with Crippen molar-refractivity contribution in [1.29, 1.82) is 0 Å². The average Bonchev–Trinajstić information content (AvgIpc) is 2.99. The second kappa shape index (κ2) is 6.55. The Hall–Kier alpha value is -2.12. The lowest BCUT2D eigenvalue weighted by Gasteiger charge is -2.27. The number of fused-ring (bicyclic) bond motifs is 3. The number of hydrogen-bond acceptors (Lipinski definition) is 5. The number of nitrogens with one attached hydrogen (secondary N) is 2. The lowest BCUT2D eigenvalue weighted by molar-refractivity contribution is 0.0817. The van der Waals surface area contributed by atoms with Gasteiger partial charge in [0.05, 0.1) is 11.7 Å². The average molecular weight is 371 g/mol. The third-order valence-electron chi connectivity index (χ3n) is 4.87. The molecule has 1 aromatic heterocycles. The minimum Gasteiger partial charge on any atom is -0.369 e. The van der Waals surface area contributed by atoms with E-state index in [9.17, 15) is 0 Å². The molecule has 0 radical (unpaired) electrons. The van der Waals surface area contributed by atoms with Crippen molar-refractivity contribution in [3.8, 4) is 0 Å². The van der Waals surface area contributed by atoms with Crippen molar-refractivity contribution in [1.82, 2.24) is 20.4 Å². The Morgan fingerprint density at radius 1 is 1.31 bits per heavy atom. The van der Waals surface area contributed by atoms with Crippen molar-refractivity contribution in [2.75, 3.05) is 13.2 Å². The normalized spacial score (nSPS) is 17.6. The van der Waals surface area contributed by atoms with Crippen molar-refractivity contribution in [2.45, 2.75) is 45.9 Å². The Morgan fingerprint density at radius 3 is 2.96 bits per heavy atom. The molecular formula is C19H27N5OSi. The highest BCUT2D eigenvalue weighted by Gasteiger charge is 2.22. The summed E-state index contributed by atoms with van der Waals surface area (Å²) < 4.78 is 15.9. The maximum absolute atomic E-state index is 8.06. The van der Waals surface area contributed by atoms with Gasteiger partial charge < -0.3 is 15.4 Å². The van der Waals surface area contributed by atoms with E-state index in [1.807, 2.05) is 17.8 Å². The molecule has 0 unspecified atom stereocenters. The molecule has 0 bridgehead atoms. The van der Waals surface area contributed by atoms with Crippen LogP contribution < -0.4 is 10.6 Å². The summed E-state index contributed by atoms with van der Waals surface area (Å²) >= 11 is 0. The second-order valence-corrected chi connectivity index (χ2v) is 13.8. The molecule has 0 fully saturated rings. The first-order chi connectivity index (χ1) is 12.8. The van der Waals surface area contributed by atoms with Gasteiger partial charge in [-0.3, -0.25) is 0 Å². The molecule has 0 atom stereocenters. The minimum absolute atomic E-state index is 0.484. The van der Waals surface area contributed by atoms with Gasteiger partial charge in [-0.15, -0.1) is 0 Å². The van der Waals surface area contributed by atoms with Crippen LogP contribution in [0.2, 0.25) is 27.1 Å². The van der Waals surface area contributed by atoms with E-state index < -0.39 is 8.07 Å². The third kappa shape index (κ3) is 3.41. The zero-order chi connectivity index (χ0) is 19.2. The number of aromatic nitrogens is 2. The summed E-state index contributed by atoms with van der Waals surface area (Å²) in [6, 6.07) is 5.53. The molecule has 4 rings (SSSR count). The summed E-state index contributed by atoms with van der Waals surface area (Å²) in [5.74, 6) is 1.61. The van der Waals surface area contributed by atoms with Gasteiger partial charge in [0.1, 0.15) is 18.4 Å². The summed E-state index contributed by atoms with van der Waals surface area (Å²) in [6.45, 7) is 11.5. The van der Waals surface area contributed by atoms with Gasteiger partial charge in [-0.25, -0.2) is 9.67 Å². The van der Waals surface area contributed by atoms with Crippen molar-refractivity contribution in [3.05, 3.63) is 35.3 Å². The first-order valence-electron chi connectivity index (χ1n) is 9.62. The topological polar surface area (TPSA) is 63.5 Å². The predicted molar refractivity (Wildman–Crippen MR) is 109 cm³/mol. The number of amidine groups is 1. The molecule has 2 aromatic rings. The molecule has 0 saturated heterocycles. The van der Waals surface area contributed by atoms with E-state index in [1.165, 1.54) is 16.4 Å². The van der Waals surface area contributed by atoms with E-state index in [-0.39, 0.29) is 0 Å². The lowest BCUT2D eigenvalue weighted by Crippen LogP contribution is -2.33. The molecule has 2 N–H and O–H groups in total. The molecule has 6 nitrogen and oxygen atoms in total. The van der Waals surface area contributed by atoms with Crippen molar-refractivity contribution in [2.24, 2.45) is 4.99 Å². The molecule has 0 spiro atoms. The Bertz CT molecular complexity index is 943. The van der Waals surface area contributed by atoms with Crippen LogP contribution in [-0.2, 0) is 18.0 Å². The molecule has 2 aliphatic heterocycles. The number of rotatable bonds is 5. The largest absolute Gasteiger partial charge is 0.369 e. The molecule has 1 aromatic carbocycles. The van der Waals surface area contributed by atoms with Crippen LogP contribution >= 0.6 is 0 Å². The van der Waals surface area contributed by atoms with Crippen molar-refractivity contribution < 1.29 is 6.15 Å². The fourth-order valence-electron chi connectivity index (χ4n) is 3.30. The van der Waals surface area contributed by atoms with E-state index in [0.29, 0.717) is 19.1 Å². The molecule has 7 heteroatoms. The highest BCUT2D eigenvalue weighted by atomic mass is 28.3. The van der Waals surface area contributed by atoms with Gasteiger partial charge in [0, 0.05) is 38.7 Å². The van der Waals surface area contributed by atoms with Crippen LogP contribution in [0.5, 0.6) is 0 Å².